The summed E-state index contributed by atoms with van der Waals surface area (Å²) in [6, 6.07) is 1.71. The number of nitrogens with zero attached hydrogens (tertiary/aromatic N) is 2. The van der Waals surface area contributed by atoms with Gasteiger partial charge in [0.25, 0.3) is 5.91 Å². The second kappa shape index (κ2) is 4.94. The SMILES string of the molecule is CC1(C)CCCN(C(=O)c2cnccc2NN)C1. The summed E-state index contributed by atoms with van der Waals surface area (Å²) < 4.78 is 0. The molecule has 5 heteroatoms. The molecule has 0 bridgehead atoms. The topological polar surface area (TPSA) is 71.2 Å². The highest BCUT2D eigenvalue weighted by Crippen LogP contribution is 2.29. The van der Waals surface area contributed by atoms with Crippen molar-refractivity contribution in [2.24, 2.45) is 11.3 Å². The normalized spacial score (nSPS) is 18.5. The van der Waals surface area contributed by atoms with E-state index in [1.165, 1.54) is 0 Å². The van der Waals surface area contributed by atoms with Gasteiger partial charge in [0.15, 0.2) is 0 Å². The Morgan fingerprint density at radius 3 is 3.00 bits per heavy atom. The van der Waals surface area contributed by atoms with Crippen LogP contribution < -0.4 is 11.3 Å². The largest absolute Gasteiger partial charge is 0.338 e. The predicted octanol–water partition coefficient (Wildman–Crippen LogP) is 1.63. The predicted molar refractivity (Wildman–Crippen MR) is 71.0 cm³/mol. The molecule has 0 saturated carbocycles. The lowest BCUT2D eigenvalue weighted by Crippen LogP contribution is -2.43. The number of nitrogens with two attached hydrogens (primary N) is 1. The maximum absolute atomic E-state index is 12.5. The van der Waals surface area contributed by atoms with Crippen molar-refractivity contribution in [1.29, 1.82) is 0 Å². The van der Waals surface area contributed by atoms with Crippen molar-refractivity contribution >= 4 is 11.6 Å². The lowest BCUT2D eigenvalue weighted by atomic mass is 9.84. The molecule has 2 heterocycles. The van der Waals surface area contributed by atoms with Crippen LogP contribution >= 0.6 is 0 Å². The Bertz CT molecular complexity index is 444. The van der Waals surface area contributed by atoms with E-state index in [4.69, 9.17) is 5.84 Å². The summed E-state index contributed by atoms with van der Waals surface area (Å²) in [6.07, 6.45) is 5.39. The van der Waals surface area contributed by atoms with E-state index in [-0.39, 0.29) is 11.3 Å². The average Bonchev–Trinajstić information content (AvgIpc) is 2.36. The van der Waals surface area contributed by atoms with Gasteiger partial charge in [0, 0.05) is 25.5 Å². The molecule has 0 aromatic carbocycles. The molecule has 1 aliphatic heterocycles. The van der Waals surface area contributed by atoms with E-state index in [0.29, 0.717) is 11.3 Å². The fourth-order valence-corrected chi connectivity index (χ4v) is 2.46. The van der Waals surface area contributed by atoms with E-state index in [1.54, 1.807) is 18.5 Å². The highest BCUT2D eigenvalue weighted by Gasteiger charge is 2.30. The molecule has 1 aromatic heterocycles. The summed E-state index contributed by atoms with van der Waals surface area (Å²) in [5.74, 6) is 5.43. The zero-order chi connectivity index (χ0) is 13.2. The number of nitrogen functional groups attached to an aromatic ring is 1. The summed E-state index contributed by atoms with van der Waals surface area (Å²) in [5, 5.41) is 0. The number of anilines is 1. The number of hydrogen-bond acceptors (Lipinski definition) is 4. The molecule has 3 N–H and O–H groups in total. The molecule has 18 heavy (non-hydrogen) atoms. The van der Waals surface area contributed by atoms with Gasteiger partial charge in [0.2, 0.25) is 0 Å². The summed E-state index contributed by atoms with van der Waals surface area (Å²) in [4.78, 5) is 18.4. The van der Waals surface area contributed by atoms with E-state index in [0.717, 1.165) is 25.9 Å². The van der Waals surface area contributed by atoms with Crippen LogP contribution in [0.1, 0.15) is 37.0 Å². The van der Waals surface area contributed by atoms with E-state index < -0.39 is 0 Å². The van der Waals surface area contributed by atoms with Gasteiger partial charge in [0.05, 0.1) is 11.3 Å². The van der Waals surface area contributed by atoms with Gasteiger partial charge in [-0.3, -0.25) is 15.6 Å². The van der Waals surface area contributed by atoms with Crippen LogP contribution in [0.25, 0.3) is 0 Å². The number of hydrogen-bond donors (Lipinski definition) is 2. The third kappa shape index (κ3) is 2.61. The second-order valence-corrected chi connectivity index (χ2v) is 5.56. The van der Waals surface area contributed by atoms with Gasteiger partial charge in [-0.05, 0) is 24.3 Å². The third-order valence-electron chi connectivity index (χ3n) is 3.39. The molecule has 0 spiro atoms. The van der Waals surface area contributed by atoms with Crippen molar-refractivity contribution in [3.63, 3.8) is 0 Å². The van der Waals surface area contributed by atoms with E-state index in [9.17, 15) is 4.79 Å². The molecule has 0 atom stereocenters. The van der Waals surface area contributed by atoms with Crippen molar-refractivity contribution in [3.05, 3.63) is 24.0 Å². The van der Waals surface area contributed by atoms with Crippen molar-refractivity contribution < 1.29 is 4.79 Å². The first-order valence-corrected chi connectivity index (χ1v) is 6.23. The molecule has 5 nitrogen and oxygen atoms in total. The number of carbonyl (C=O) groups is 1. The lowest BCUT2D eigenvalue weighted by molar-refractivity contribution is 0.0584. The quantitative estimate of drug-likeness (QED) is 0.616. The van der Waals surface area contributed by atoms with Crippen molar-refractivity contribution in [1.82, 2.24) is 9.88 Å². The fraction of sp³-hybridized carbons (Fsp3) is 0.538. The number of likely N-dealkylation sites (tertiary alicyclic amines) is 1. The van der Waals surface area contributed by atoms with Crippen LogP contribution in [0.15, 0.2) is 18.5 Å². The van der Waals surface area contributed by atoms with Crippen LogP contribution in [0.3, 0.4) is 0 Å². The Morgan fingerprint density at radius 2 is 2.33 bits per heavy atom. The first kappa shape index (κ1) is 12.8. The van der Waals surface area contributed by atoms with E-state index in [2.05, 4.69) is 24.3 Å². The zero-order valence-corrected chi connectivity index (χ0v) is 10.9. The summed E-state index contributed by atoms with van der Waals surface area (Å²) in [6.45, 7) is 5.97. The fourth-order valence-electron chi connectivity index (χ4n) is 2.46. The first-order chi connectivity index (χ1) is 8.53. The van der Waals surface area contributed by atoms with Gasteiger partial charge in [-0.25, -0.2) is 0 Å². The molecule has 0 radical (unpaired) electrons. The van der Waals surface area contributed by atoms with Crippen LogP contribution in [0, 0.1) is 5.41 Å². The maximum Gasteiger partial charge on any atom is 0.257 e. The monoisotopic (exact) mass is 248 g/mol. The van der Waals surface area contributed by atoms with Crippen LogP contribution in [0.2, 0.25) is 0 Å². The highest BCUT2D eigenvalue weighted by molar-refractivity contribution is 5.99. The van der Waals surface area contributed by atoms with E-state index >= 15 is 0 Å². The Morgan fingerprint density at radius 1 is 1.56 bits per heavy atom. The number of amides is 1. The van der Waals surface area contributed by atoms with Gasteiger partial charge in [-0.15, -0.1) is 0 Å². The third-order valence-corrected chi connectivity index (χ3v) is 3.39. The molecule has 1 aliphatic rings. The molecule has 2 rings (SSSR count). The molecule has 1 fully saturated rings. The molecule has 1 saturated heterocycles. The standard InChI is InChI=1S/C13H20N4O/c1-13(2)5-3-7-17(9-13)12(18)10-8-15-6-4-11(10)16-14/h4,6,8H,3,5,7,9,14H2,1-2H3,(H,15,16). The minimum atomic E-state index is 0.00354. The molecule has 1 aromatic rings. The van der Waals surface area contributed by atoms with Crippen LogP contribution in [0.5, 0.6) is 0 Å². The van der Waals surface area contributed by atoms with Crippen molar-refractivity contribution in [2.45, 2.75) is 26.7 Å². The number of pyridine rings is 1. The van der Waals surface area contributed by atoms with Crippen molar-refractivity contribution in [2.75, 3.05) is 18.5 Å². The molecule has 98 valence electrons. The van der Waals surface area contributed by atoms with Gasteiger partial charge < -0.3 is 10.3 Å². The Labute approximate surface area is 107 Å². The molecule has 1 amide bonds. The number of aromatic nitrogens is 1. The minimum Gasteiger partial charge on any atom is -0.338 e. The maximum atomic E-state index is 12.5. The number of hydrazine groups is 1. The summed E-state index contributed by atoms with van der Waals surface area (Å²) in [7, 11) is 0. The van der Waals surface area contributed by atoms with Gasteiger partial charge >= 0.3 is 0 Å². The number of piperidine rings is 1. The number of nitrogens with one attached hydrogen (secondary N) is 1. The van der Waals surface area contributed by atoms with Crippen molar-refractivity contribution in [3.8, 4) is 0 Å². The van der Waals surface area contributed by atoms with Crippen LogP contribution in [0.4, 0.5) is 5.69 Å². The van der Waals surface area contributed by atoms with E-state index in [1.807, 2.05) is 4.90 Å². The number of rotatable bonds is 2. The average molecular weight is 248 g/mol. The summed E-state index contributed by atoms with van der Waals surface area (Å²) >= 11 is 0. The van der Waals surface area contributed by atoms with Gasteiger partial charge in [0.1, 0.15) is 0 Å². The summed E-state index contributed by atoms with van der Waals surface area (Å²) in [5.41, 5.74) is 3.90. The second-order valence-electron chi connectivity index (χ2n) is 5.56. The minimum absolute atomic E-state index is 0.00354. The molecule has 0 unspecified atom stereocenters. The highest BCUT2D eigenvalue weighted by atomic mass is 16.2. The molecular formula is C13H20N4O. The Hall–Kier alpha value is -1.62. The lowest BCUT2D eigenvalue weighted by Gasteiger charge is -2.38. The van der Waals surface area contributed by atoms with Crippen LogP contribution in [-0.4, -0.2) is 28.9 Å². The smallest absolute Gasteiger partial charge is 0.257 e. The Balaban J connectivity index is 2.20. The Kier molecular flexibility index (Phi) is 3.52. The zero-order valence-electron chi connectivity index (χ0n) is 10.9. The first-order valence-electron chi connectivity index (χ1n) is 6.23. The molecular weight excluding hydrogens is 228 g/mol. The van der Waals surface area contributed by atoms with Crippen LogP contribution in [-0.2, 0) is 0 Å². The number of carbonyl (C=O) groups excluding carboxylic acids is 1. The molecule has 0 aliphatic carbocycles. The van der Waals surface area contributed by atoms with Gasteiger partial charge in [-0.1, -0.05) is 13.8 Å². The van der Waals surface area contributed by atoms with Gasteiger partial charge in [-0.2, -0.15) is 0 Å².